The number of nitrogens with one attached hydrogen (secondary N) is 1. The molecule has 1 atom stereocenters. The summed E-state index contributed by atoms with van der Waals surface area (Å²) in [5, 5.41) is 2.86. The second-order valence-electron chi connectivity index (χ2n) is 5.16. The number of thiocarbonyl (C=S) groups is 1. The van der Waals surface area contributed by atoms with Crippen LogP contribution in [-0.2, 0) is 9.53 Å². The van der Waals surface area contributed by atoms with E-state index in [4.69, 9.17) is 22.7 Å². The van der Waals surface area contributed by atoms with Gasteiger partial charge in [0.25, 0.3) is 0 Å². The number of rotatable bonds is 7. The van der Waals surface area contributed by atoms with Crippen molar-refractivity contribution in [2.45, 2.75) is 32.3 Å². The lowest BCUT2D eigenvalue weighted by molar-refractivity contribution is -0.122. The average molecular weight is 294 g/mol. The molecule has 5 heteroatoms. The number of benzene rings is 1. The number of hydrogen-bond donors (Lipinski definition) is 2. The summed E-state index contributed by atoms with van der Waals surface area (Å²) in [6.07, 6.45) is 0. The van der Waals surface area contributed by atoms with Gasteiger partial charge in [-0.3, -0.25) is 4.79 Å². The molecule has 1 aromatic carbocycles. The van der Waals surface area contributed by atoms with Crippen molar-refractivity contribution in [2.75, 3.05) is 13.2 Å². The summed E-state index contributed by atoms with van der Waals surface area (Å²) in [6, 6.07) is 9.29. The van der Waals surface area contributed by atoms with Crippen molar-refractivity contribution in [1.82, 2.24) is 5.32 Å². The van der Waals surface area contributed by atoms with Crippen molar-refractivity contribution in [3.63, 3.8) is 0 Å². The van der Waals surface area contributed by atoms with Crippen LogP contribution in [0.25, 0.3) is 0 Å². The van der Waals surface area contributed by atoms with Gasteiger partial charge in [-0.05, 0) is 26.3 Å². The summed E-state index contributed by atoms with van der Waals surface area (Å²) in [7, 11) is 0. The molecule has 0 spiro atoms. The molecule has 0 bridgehead atoms. The van der Waals surface area contributed by atoms with Crippen LogP contribution in [0.2, 0.25) is 0 Å². The zero-order valence-corrected chi connectivity index (χ0v) is 13.0. The second kappa shape index (κ2) is 7.36. The lowest BCUT2D eigenvalue weighted by atomic mass is 9.98. The zero-order chi connectivity index (χ0) is 15.2. The van der Waals surface area contributed by atoms with Gasteiger partial charge in [0, 0.05) is 13.2 Å². The molecule has 0 aliphatic rings. The Morgan fingerprint density at radius 3 is 2.50 bits per heavy atom. The number of carbonyl (C=O) groups is 1. The third kappa shape index (κ3) is 4.90. The molecule has 110 valence electrons. The maximum Gasteiger partial charge on any atom is 0.234 e. The quantitative estimate of drug-likeness (QED) is 0.755. The summed E-state index contributed by atoms with van der Waals surface area (Å²) < 4.78 is 5.55. The van der Waals surface area contributed by atoms with E-state index in [1.165, 1.54) is 0 Å². The van der Waals surface area contributed by atoms with Gasteiger partial charge in [-0.25, -0.2) is 0 Å². The van der Waals surface area contributed by atoms with Gasteiger partial charge < -0.3 is 15.8 Å². The Balaban J connectivity index is 2.75. The van der Waals surface area contributed by atoms with Crippen LogP contribution in [0.5, 0.6) is 0 Å². The van der Waals surface area contributed by atoms with Crippen LogP contribution < -0.4 is 11.1 Å². The fourth-order valence-electron chi connectivity index (χ4n) is 1.93. The van der Waals surface area contributed by atoms with Crippen LogP contribution in [0.1, 0.15) is 32.3 Å². The Bertz CT molecular complexity index is 460. The van der Waals surface area contributed by atoms with E-state index in [-0.39, 0.29) is 10.9 Å². The monoisotopic (exact) mass is 294 g/mol. The predicted octanol–water partition coefficient (Wildman–Crippen LogP) is 1.99. The van der Waals surface area contributed by atoms with Crippen LogP contribution in [0.4, 0.5) is 0 Å². The van der Waals surface area contributed by atoms with E-state index in [0.717, 1.165) is 5.56 Å². The Kier molecular flexibility index (Phi) is 6.10. The topological polar surface area (TPSA) is 64.3 Å². The highest BCUT2D eigenvalue weighted by Crippen LogP contribution is 2.17. The van der Waals surface area contributed by atoms with E-state index < -0.39 is 11.5 Å². The van der Waals surface area contributed by atoms with Crippen molar-refractivity contribution in [3.8, 4) is 0 Å². The van der Waals surface area contributed by atoms with Crippen molar-refractivity contribution in [1.29, 1.82) is 0 Å². The van der Waals surface area contributed by atoms with Gasteiger partial charge in [-0.1, -0.05) is 42.5 Å². The van der Waals surface area contributed by atoms with Crippen LogP contribution in [0.15, 0.2) is 30.3 Å². The third-order valence-electron chi connectivity index (χ3n) is 2.90. The zero-order valence-electron chi connectivity index (χ0n) is 12.2. The van der Waals surface area contributed by atoms with Crippen LogP contribution >= 0.6 is 12.2 Å². The molecule has 20 heavy (non-hydrogen) atoms. The molecule has 0 radical (unpaired) electrons. The highest BCUT2D eigenvalue weighted by atomic mass is 32.1. The summed E-state index contributed by atoms with van der Waals surface area (Å²) in [4.78, 5) is 12.5. The first kappa shape index (κ1) is 16.6. The minimum atomic E-state index is -0.608. The molecule has 0 aliphatic carbocycles. The molecule has 1 rings (SSSR count). The van der Waals surface area contributed by atoms with Gasteiger partial charge in [0.1, 0.15) is 5.92 Å². The third-order valence-corrected chi connectivity index (χ3v) is 3.14. The molecule has 0 saturated heterocycles. The first-order valence-corrected chi connectivity index (χ1v) is 7.04. The van der Waals surface area contributed by atoms with Gasteiger partial charge in [0.05, 0.1) is 10.6 Å². The SMILES string of the molecule is CCOC(C)(C)CNC(=O)C(C(N)=S)c1ccccc1. The minimum Gasteiger partial charge on any atom is -0.392 e. The van der Waals surface area contributed by atoms with E-state index >= 15 is 0 Å². The lowest BCUT2D eigenvalue weighted by Crippen LogP contribution is -2.44. The molecular formula is C15H22N2O2S. The number of amides is 1. The summed E-state index contributed by atoms with van der Waals surface area (Å²) in [6.45, 7) is 6.78. The summed E-state index contributed by atoms with van der Waals surface area (Å²) >= 11 is 5.02. The minimum absolute atomic E-state index is 0.169. The molecule has 0 fully saturated rings. The van der Waals surface area contributed by atoms with E-state index in [0.29, 0.717) is 13.2 Å². The molecule has 0 heterocycles. The molecule has 1 unspecified atom stereocenters. The fraction of sp³-hybridized carbons (Fsp3) is 0.467. The Morgan fingerprint density at radius 2 is 2.00 bits per heavy atom. The molecule has 1 aromatic rings. The molecule has 4 nitrogen and oxygen atoms in total. The van der Waals surface area contributed by atoms with Crippen molar-refractivity contribution >= 4 is 23.1 Å². The molecule has 1 amide bonds. The molecule has 0 saturated carbocycles. The van der Waals surface area contributed by atoms with Gasteiger partial charge in [0.2, 0.25) is 5.91 Å². The maximum atomic E-state index is 12.3. The van der Waals surface area contributed by atoms with Gasteiger partial charge in [-0.2, -0.15) is 0 Å². The lowest BCUT2D eigenvalue weighted by Gasteiger charge is -2.26. The highest BCUT2D eigenvalue weighted by molar-refractivity contribution is 7.80. The van der Waals surface area contributed by atoms with Crippen molar-refractivity contribution in [2.24, 2.45) is 5.73 Å². The Hall–Kier alpha value is -1.46. The predicted molar refractivity (Wildman–Crippen MR) is 84.7 cm³/mol. The average Bonchev–Trinajstić information content (AvgIpc) is 2.37. The molecule has 0 aliphatic heterocycles. The van der Waals surface area contributed by atoms with Crippen LogP contribution in [-0.4, -0.2) is 29.6 Å². The smallest absolute Gasteiger partial charge is 0.234 e. The normalized spacial score (nSPS) is 12.8. The molecule has 0 aromatic heterocycles. The number of hydrogen-bond acceptors (Lipinski definition) is 3. The Morgan fingerprint density at radius 1 is 1.40 bits per heavy atom. The highest BCUT2D eigenvalue weighted by Gasteiger charge is 2.26. The largest absolute Gasteiger partial charge is 0.392 e. The maximum absolute atomic E-state index is 12.3. The molecular weight excluding hydrogens is 272 g/mol. The van der Waals surface area contributed by atoms with Gasteiger partial charge in [0.15, 0.2) is 0 Å². The van der Waals surface area contributed by atoms with E-state index in [2.05, 4.69) is 5.32 Å². The second-order valence-corrected chi connectivity index (χ2v) is 5.63. The van der Waals surface area contributed by atoms with E-state index in [1.54, 1.807) is 0 Å². The summed E-state index contributed by atoms with van der Waals surface area (Å²) in [5.41, 5.74) is 6.09. The standard InChI is InChI=1S/C15H22N2O2S/c1-4-19-15(2,3)10-17-14(18)12(13(16)20)11-8-6-5-7-9-11/h5-9,12H,4,10H2,1-3H3,(H2,16,20)(H,17,18). The van der Waals surface area contributed by atoms with Gasteiger partial charge >= 0.3 is 0 Å². The number of carbonyl (C=O) groups excluding carboxylic acids is 1. The first-order chi connectivity index (χ1) is 9.37. The summed E-state index contributed by atoms with van der Waals surface area (Å²) in [5.74, 6) is -0.805. The Labute approximate surface area is 125 Å². The van der Waals surface area contributed by atoms with Crippen LogP contribution in [0, 0.1) is 0 Å². The fourth-order valence-corrected chi connectivity index (χ4v) is 2.18. The number of ether oxygens (including phenoxy) is 1. The van der Waals surface area contributed by atoms with Gasteiger partial charge in [-0.15, -0.1) is 0 Å². The van der Waals surface area contributed by atoms with Crippen molar-refractivity contribution in [3.05, 3.63) is 35.9 Å². The van der Waals surface area contributed by atoms with Crippen LogP contribution in [0.3, 0.4) is 0 Å². The van der Waals surface area contributed by atoms with E-state index in [1.807, 2.05) is 51.1 Å². The first-order valence-electron chi connectivity index (χ1n) is 6.63. The van der Waals surface area contributed by atoms with E-state index in [9.17, 15) is 4.79 Å². The van der Waals surface area contributed by atoms with Crippen molar-refractivity contribution < 1.29 is 9.53 Å². The molecule has 3 N–H and O–H groups in total. The number of nitrogens with two attached hydrogens (primary N) is 1.